The molecule has 2 aromatic rings. The molecule has 1 N–H and O–H groups in total. The van der Waals surface area contributed by atoms with E-state index in [1.807, 2.05) is 23.9 Å². The molecule has 6 heteroatoms. The second kappa shape index (κ2) is 6.65. The average Bonchev–Trinajstić information content (AvgIpc) is 2.97. The number of benzene rings is 1. The Kier molecular flexibility index (Phi) is 4.65. The lowest BCUT2D eigenvalue weighted by molar-refractivity contribution is 0.363. The van der Waals surface area contributed by atoms with Crippen LogP contribution in [-0.2, 0) is 6.42 Å². The van der Waals surface area contributed by atoms with E-state index in [4.69, 9.17) is 4.52 Å². The maximum Gasteiger partial charge on any atom is 0.228 e. The molecule has 0 amide bonds. The summed E-state index contributed by atoms with van der Waals surface area (Å²) in [5.74, 6) is 3.69. The number of nitrogens with one attached hydrogen (secondary N) is 1. The molecule has 1 unspecified atom stereocenters. The molecule has 0 spiro atoms. The lowest BCUT2D eigenvalue weighted by atomic mass is 10.2. The fraction of sp³-hybridized carbons (Fsp3) is 0.429. The van der Waals surface area contributed by atoms with Gasteiger partial charge in [0.05, 0.1) is 0 Å². The molecule has 1 atom stereocenters. The number of rotatable bonds is 4. The third kappa shape index (κ3) is 3.37. The molecule has 0 bridgehead atoms. The Morgan fingerprint density at radius 1 is 1.40 bits per heavy atom. The molecule has 4 nitrogen and oxygen atoms in total. The Morgan fingerprint density at radius 2 is 2.25 bits per heavy atom. The molecular formula is C14H17N3OS2. The third-order valence-electron chi connectivity index (χ3n) is 3.24. The predicted octanol–water partition coefficient (Wildman–Crippen LogP) is 2.71. The fourth-order valence-electron chi connectivity index (χ4n) is 2.16. The molecule has 1 aromatic heterocycles. The van der Waals surface area contributed by atoms with Gasteiger partial charge in [-0.3, -0.25) is 0 Å². The summed E-state index contributed by atoms with van der Waals surface area (Å²) in [5.41, 5.74) is 1.00. The Morgan fingerprint density at radius 3 is 2.95 bits per heavy atom. The predicted molar refractivity (Wildman–Crippen MR) is 84.3 cm³/mol. The number of nitrogens with zero attached hydrogens (tertiary/aromatic N) is 2. The summed E-state index contributed by atoms with van der Waals surface area (Å²) in [6, 6.07) is 8.68. The first-order chi connectivity index (χ1) is 9.85. The van der Waals surface area contributed by atoms with Crippen molar-refractivity contribution in [3.05, 3.63) is 30.2 Å². The van der Waals surface area contributed by atoms with Crippen molar-refractivity contribution in [2.45, 2.75) is 17.4 Å². The molecule has 2 heterocycles. The number of hydrogen-bond acceptors (Lipinski definition) is 6. The minimum absolute atomic E-state index is 0.445. The first kappa shape index (κ1) is 14.0. The lowest BCUT2D eigenvalue weighted by Crippen LogP contribution is -2.38. The van der Waals surface area contributed by atoms with E-state index in [0.717, 1.165) is 24.3 Å². The van der Waals surface area contributed by atoms with Crippen LogP contribution in [0.3, 0.4) is 0 Å². The number of hydrogen-bond donors (Lipinski definition) is 1. The third-order valence-corrected chi connectivity index (χ3v) is 5.11. The van der Waals surface area contributed by atoms with Gasteiger partial charge >= 0.3 is 0 Å². The molecule has 0 saturated carbocycles. The van der Waals surface area contributed by atoms with Gasteiger partial charge in [-0.2, -0.15) is 16.7 Å². The molecule has 20 heavy (non-hydrogen) atoms. The quantitative estimate of drug-likeness (QED) is 0.877. The summed E-state index contributed by atoms with van der Waals surface area (Å²) in [4.78, 5) is 5.73. The molecule has 1 saturated heterocycles. The molecule has 1 aliphatic rings. The summed E-state index contributed by atoms with van der Waals surface area (Å²) >= 11 is 3.70. The van der Waals surface area contributed by atoms with Gasteiger partial charge in [0.1, 0.15) is 0 Å². The minimum atomic E-state index is 0.445. The Hall–Kier alpha value is -0.980. The minimum Gasteiger partial charge on any atom is -0.339 e. The molecule has 1 fully saturated rings. The van der Waals surface area contributed by atoms with Crippen LogP contribution in [0.2, 0.25) is 0 Å². The van der Waals surface area contributed by atoms with Crippen LogP contribution in [0.15, 0.2) is 33.7 Å². The van der Waals surface area contributed by atoms with Crippen molar-refractivity contribution in [1.82, 2.24) is 15.5 Å². The van der Waals surface area contributed by atoms with Gasteiger partial charge in [-0.25, -0.2) is 0 Å². The molecule has 3 rings (SSSR count). The van der Waals surface area contributed by atoms with Gasteiger partial charge in [0, 0.05) is 41.0 Å². The van der Waals surface area contributed by atoms with Crippen LogP contribution in [0.4, 0.5) is 0 Å². The van der Waals surface area contributed by atoms with E-state index < -0.39 is 0 Å². The van der Waals surface area contributed by atoms with E-state index in [1.165, 1.54) is 10.6 Å². The van der Waals surface area contributed by atoms with Crippen LogP contribution in [-0.4, -0.2) is 40.5 Å². The van der Waals surface area contributed by atoms with Crippen LogP contribution < -0.4 is 5.32 Å². The van der Waals surface area contributed by atoms with E-state index in [1.54, 1.807) is 11.8 Å². The van der Waals surface area contributed by atoms with Gasteiger partial charge in [-0.15, -0.1) is 11.8 Å². The summed E-state index contributed by atoms with van der Waals surface area (Å²) < 4.78 is 5.36. The first-order valence-corrected chi connectivity index (χ1v) is 9.01. The first-order valence-electron chi connectivity index (χ1n) is 6.63. The van der Waals surface area contributed by atoms with Crippen molar-refractivity contribution in [3.63, 3.8) is 0 Å². The highest BCUT2D eigenvalue weighted by molar-refractivity contribution is 7.99. The standard InChI is InChI=1S/C14H17N3OS2/c1-19-12-4-2-10(3-5-12)14-16-13(18-17-14)8-11-9-20-7-6-15-11/h2-5,11,15H,6-9H2,1H3. The van der Waals surface area contributed by atoms with E-state index >= 15 is 0 Å². The summed E-state index contributed by atoms with van der Waals surface area (Å²) in [7, 11) is 0. The van der Waals surface area contributed by atoms with Crippen molar-refractivity contribution in [1.29, 1.82) is 0 Å². The zero-order valence-corrected chi connectivity index (χ0v) is 13.0. The van der Waals surface area contributed by atoms with Crippen molar-refractivity contribution in [3.8, 4) is 11.4 Å². The van der Waals surface area contributed by atoms with Gasteiger partial charge in [-0.1, -0.05) is 5.16 Å². The molecule has 1 aromatic carbocycles. The molecular weight excluding hydrogens is 290 g/mol. The van der Waals surface area contributed by atoms with Crippen molar-refractivity contribution < 1.29 is 4.52 Å². The van der Waals surface area contributed by atoms with Crippen LogP contribution >= 0.6 is 23.5 Å². The van der Waals surface area contributed by atoms with Crippen molar-refractivity contribution >= 4 is 23.5 Å². The second-order valence-electron chi connectivity index (χ2n) is 4.67. The zero-order chi connectivity index (χ0) is 13.8. The van der Waals surface area contributed by atoms with Gasteiger partial charge < -0.3 is 9.84 Å². The highest BCUT2D eigenvalue weighted by Gasteiger charge is 2.17. The van der Waals surface area contributed by atoms with Crippen LogP contribution in [0.5, 0.6) is 0 Å². The monoisotopic (exact) mass is 307 g/mol. The largest absolute Gasteiger partial charge is 0.339 e. The number of thioether (sulfide) groups is 2. The van der Waals surface area contributed by atoms with Gasteiger partial charge in [0.15, 0.2) is 0 Å². The highest BCUT2D eigenvalue weighted by Crippen LogP contribution is 2.21. The van der Waals surface area contributed by atoms with E-state index in [0.29, 0.717) is 17.8 Å². The van der Waals surface area contributed by atoms with Gasteiger partial charge in [0.2, 0.25) is 11.7 Å². The van der Waals surface area contributed by atoms with Crippen molar-refractivity contribution in [2.75, 3.05) is 24.3 Å². The summed E-state index contributed by atoms with van der Waals surface area (Å²) in [5, 5.41) is 7.56. The molecule has 1 aliphatic heterocycles. The normalized spacial score (nSPS) is 19.1. The Labute approximate surface area is 127 Å². The fourth-order valence-corrected chi connectivity index (χ4v) is 3.51. The average molecular weight is 307 g/mol. The number of aromatic nitrogens is 2. The molecule has 0 aliphatic carbocycles. The zero-order valence-electron chi connectivity index (χ0n) is 11.3. The highest BCUT2D eigenvalue weighted by atomic mass is 32.2. The summed E-state index contributed by atoms with van der Waals surface area (Å²) in [6.45, 7) is 1.06. The lowest BCUT2D eigenvalue weighted by Gasteiger charge is -2.21. The van der Waals surface area contributed by atoms with Crippen LogP contribution in [0.1, 0.15) is 5.89 Å². The van der Waals surface area contributed by atoms with E-state index in [9.17, 15) is 0 Å². The molecule has 106 valence electrons. The Bertz CT molecular complexity index is 550. The van der Waals surface area contributed by atoms with E-state index in [-0.39, 0.29) is 0 Å². The summed E-state index contributed by atoms with van der Waals surface area (Å²) in [6.07, 6.45) is 2.87. The van der Waals surface area contributed by atoms with Crippen LogP contribution in [0, 0.1) is 0 Å². The maximum atomic E-state index is 5.36. The topological polar surface area (TPSA) is 51.0 Å². The second-order valence-corrected chi connectivity index (χ2v) is 6.70. The van der Waals surface area contributed by atoms with Crippen LogP contribution in [0.25, 0.3) is 11.4 Å². The van der Waals surface area contributed by atoms with Gasteiger partial charge in [-0.05, 0) is 30.5 Å². The van der Waals surface area contributed by atoms with Gasteiger partial charge in [0.25, 0.3) is 0 Å². The Balaban J connectivity index is 1.68. The van der Waals surface area contributed by atoms with E-state index in [2.05, 4.69) is 33.8 Å². The SMILES string of the molecule is CSc1ccc(-c2noc(CC3CSCCN3)n2)cc1. The smallest absolute Gasteiger partial charge is 0.228 e. The molecule has 0 radical (unpaired) electrons. The maximum absolute atomic E-state index is 5.36. The van der Waals surface area contributed by atoms with Crippen molar-refractivity contribution in [2.24, 2.45) is 0 Å².